The van der Waals surface area contributed by atoms with Gasteiger partial charge in [-0.3, -0.25) is 4.79 Å². The molecule has 5 nitrogen and oxygen atoms in total. The van der Waals surface area contributed by atoms with E-state index in [4.69, 9.17) is 16.3 Å². The lowest BCUT2D eigenvalue weighted by Crippen LogP contribution is -2.47. The number of hydrogen-bond donors (Lipinski definition) is 2. The zero-order chi connectivity index (χ0) is 14.5. The lowest BCUT2D eigenvalue weighted by Gasteiger charge is -2.35. The molecular formula is C14H20ClN3O2. The first-order chi connectivity index (χ1) is 9.63. The fraction of sp³-hybridized carbons (Fsp3) is 0.571. The molecule has 0 bridgehead atoms. The number of rotatable bonds is 6. The van der Waals surface area contributed by atoms with Crippen LogP contribution in [0.1, 0.15) is 37.0 Å². The molecule has 0 unspecified atom stereocenters. The van der Waals surface area contributed by atoms with Gasteiger partial charge in [-0.25, -0.2) is 4.98 Å². The van der Waals surface area contributed by atoms with Crippen LogP contribution in [0.3, 0.4) is 0 Å². The Balaban J connectivity index is 1.88. The lowest BCUT2D eigenvalue weighted by atomic mass is 9.89. The summed E-state index contributed by atoms with van der Waals surface area (Å²) in [6.07, 6.45) is 3.56. The maximum atomic E-state index is 12.1. The quantitative estimate of drug-likeness (QED) is 0.847. The molecule has 6 heteroatoms. The average molecular weight is 298 g/mol. The Morgan fingerprint density at radius 1 is 1.50 bits per heavy atom. The monoisotopic (exact) mass is 297 g/mol. The number of halogens is 1. The van der Waals surface area contributed by atoms with E-state index in [2.05, 4.69) is 15.6 Å². The van der Waals surface area contributed by atoms with Gasteiger partial charge in [-0.2, -0.15) is 0 Å². The Morgan fingerprint density at radius 2 is 2.25 bits per heavy atom. The molecule has 1 aromatic rings. The number of ether oxygens (including phenoxy) is 1. The summed E-state index contributed by atoms with van der Waals surface area (Å²) in [6.45, 7) is 5.39. The fourth-order valence-corrected chi connectivity index (χ4v) is 2.42. The van der Waals surface area contributed by atoms with Gasteiger partial charge in [0.2, 0.25) is 0 Å². The van der Waals surface area contributed by atoms with Gasteiger partial charge >= 0.3 is 0 Å². The summed E-state index contributed by atoms with van der Waals surface area (Å²) in [5, 5.41) is 6.45. The molecule has 1 saturated carbocycles. The molecule has 1 aromatic heterocycles. The van der Waals surface area contributed by atoms with E-state index >= 15 is 0 Å². The molecule has 0 spiro atoms. The summed E-state index contributed by atoms with van der Waals surface area (Å²) in [5.41, 5.74) is 0.483. The second-order valence-electron chi connectivity index (χ2n) is 4.80. The molecule has 1 fully saturated rings. The average Bonchev–Trinajstić information content (AvgIpc) is 2.38. The van der Waals surface area contributed by atoms with Gasteiger partial charge in [-0.15, -0.1) is 0 Å². The molecule has 0 aliphatic heterocycles. The van der Waals surface area contributed by atoms with Crippen LogP contribution in [0.4, 0.5) is 5.82 Å². The van der Waals surface area contributed by atoms with E-state index in [1.165, 1.54) is 6.20 Å². The van der Waals surface area contributed by atoms with Crippen molar-refractivity contribution in [1.29, 1.82) is 0 Å². The molecule has 1 aliphatic rings. The number of carbonyl (C=O) groups excluding carboxylic acids is 1. The molecule has 0 atom stereocenters. The van der Waals surface area contributed by atoms with Crippen molar-refractivity contribution in [3.63, 3.8) is 0 Å². The van der Waals surface area contributed by atoms with Gasteiger partial charge in [-0.1, -0.05) is 11.6 Å². The second-order valence-corrected chi connectivity index (χ2v) is 5.21. The van der Waals surface area contributed by atoms with E-state index in [-0.39, 0.29) is 18.1 Å². The first-order valence-electron chi connectivity index (χ1n) is 6.95. The highest BCUT2D eigenvalue weighted by atomic mass is 35.5. The zero-order valence-electron chi connectivity index (χ0n) is 11.8. The van der Waals surface area contributed by atoms with E-state index in [0.717, 1.165) is 26.0 Å². The first-order valence-corrected chi connectivity index (χ1v) is 7.33. The Morgan fingerprint density at radius 3 is 2.85 bits per heavy atom. The number of aromatic nitrogens is 1. The maximum absolute atomic E-state index is 12.1. The van der Waals surface area contributed by atoms with Crippen molar-refractivity contribution in [2.75, 3.05) is 18.5 Å². The molecule has 1 aliphatic carbocycles. The van der Waals surface area contributed by atoms with Crippen LogP contribution in [0.15, 0.2) is 12.3 Å². The predicted molar refractivity (Wildman–Crippen MR) is 79.3 cm³/mol. The van der Waals surface area contributed by atoms with Crippen LogP contribution in [0.2, 0.25) is 5.02 Å². The lowest BCUT2D eigenvalue weighted by molar-refractivity contribution is -0.00862. The van der Waals surface area contributed by atoms with E-state index in [1.807, 2.05) is 13.8 Å². The topological polar surface area (TPSA) is 63.2 Å². The minimum absolute atomic E-state index is 0.137. The number of carbonyl (C=O) groups is 1. The van der Waals surface area contributed by atoms with Crippen molar-refractivity contribution in [3.05, 3.63) is 22.8 Å². The van der Waals surface area contributed by atoms with Crippen LogP contribution in [0.5, 0.6) is 0 Å². The van der Waals surface area contributed by atoms with E-state index < -0.39 is 0 Å². The molecule has 0 saturated heterocycles. The maximum Gasteiger partial charge on any atom is 0.253 e. The number of amides is 1. The standard InChI is InChI=1S/C14H20ClN3O2/c1-3-16-13-12(15)5-9(8-17-13)14(19)18-10-6-11(7-10)20-4-2/h5,8,10-11H,3-4,6-7H2,1-2H3,(H,16,17)(H,18,19). The summed E-state index contributed by atoms with van der Waals surface area (Å²) < 4.78 is 5.46. The summed E-state index contributed by atoms with van der Waals surface area (Å²) in [4.78, 5) is 16.2. The number of hydrogen-bond acceptors (Lipinski definition) is 4. The Bertz CT molecular complexity index is 475. The number of anilines is 1. The van der Waals surface area contributed by atoms with Crippen LogP contribution >= 0.6 is 11.6 Å². The zero-order valence-corrected chi connectivity index (χ0v) is 12.5. The van der Waals surface area contributed by atoms with Gasteiger partial charge in [-0.05, 0) is 32.8 Å². The van der Waals surface area contributed by atoms with Gasteiger partial charge in [0.1, 0.15) is 5.82 Å². The van der Waals surface area contributed by atoms with E-state index in [0.29, 0.717) is 16.4 Å². The SMILES string of the molecule is CCNc1ncc(C(=O)NC2CC(OCC)C2)cc1Cl. The number of nitrogens with zero attached hydrogens (tertiary/aromatic N) is 1. The first kappa shape index (κ1) is 15.1. The summed E-state index contributed by atoms with van der Waals surface area (Å²) >= 11 is 6.08. The second kappa shape index (κ2) is 6.90. The molecule has 2 rings (SSSR count). The van der Waals surface area contributed by atoms with Gasteiger partial charge in [0.15, 0.2) is 0 Å². The third kappa shape index (κ3) is 3.61. The Kier molecular flexibility index (Phi) is 5.20. The Labute approximate surface area is 124 Å². The van der Waals surface area contributed by atoms with Crippen LogP contribution in [-0.4, -0.2) is 36.2 Å². The van der Waals surface area contributed by atoms with Crippen molar-refractivity contribution in [3.8, 4) is 0 Å². The van der Waals surface area contributed by atoms with Crippen molar-refractivity contribution in [1.82, 2.24) is 10.3 Å². The molecule has 20 heavy (non-hydrogen) atoms. The molecule has 0 radical (unpaired) electrons. The van der Waals surface area contributed by atoms with Gasteiger partial charge in [0, 0.05) is 25.4 Å². The molecular weight excluding hydrogens is 278 g/mol. The Hall–Kier alpha value is -1.33. The van der Waals surface area contributed by atoms with Crippen LogP contribution in [-0.2, 0) is 4.74 Å². The molecule has 0 aromatic carbocycles. The number of pyridine rings is 1. The summed E-state index contributed by atoms with van der Waals surface area (Å²) in [6, 6.07) is 1.83. The molecule has 1 heterocycles. The molecule has 110 valence electrons. The number of nitrogens with one attached hydrogen (secondary N) is 2. The highest BCUT2D eigenvalue weighted by Gasteiger charge is 2.30. The highest BCUT2D eigenvalue weighted by molar-refractivity contribution is 6.33. The van der Waals surface area contributed by atoms with E-state index in [9.17, 15) is 4.79 Å². The van der Waals surface area contributed by atoms with Gasteiger partial charge in [0.25, 0.3) is 5.91 Å². The predicted octanol–water partition coefficient (Wildman–Crippen LogP) is 2.46. The van der Waals surface area contributed by atoms with Crippen LogP contribution in [0.25, 0.3) is 0 Å². The van der Waals surface area contributed by atoms with Gasteiger partial charge < -0.3 is 15.4 Å². The van der Waals surface area contributed by atoms with Crippen molar-refractivity contribution >= 4 is 23.3 Å². The van der Waals surface area contributed by atoms with Crippen LogP contribution in [0, 0.1) is 0 Å². The van der Waals surface area contributed by atoms with Crippen LogP contribution < -0.4 is 10.6 Å². The normalized spacial score (nSPS) is 21.1. The minimum Gasteiger partial charge on any atom is -0.378 e. The van der Waals surface area contributed by atoms with Crippen molar-refractivity contribution in [2.24, 2.45) is 0 Å². The fourth-order valence-electron chi connectivity index (χ4n) is 2.18. The van der Waals surface area contributed by atoms with E-state index in [1.54, 1.807) is 6.07 Å². The summed E-state index contributed by atoms with van der Waals surface area (Å²) in [5.74, 6) is 0.466. The highest BCUT2D eigenvalue weighted by Crippen LogP contribution is 2.24. The molecule has 2 N–H and O–H groups in total. The smallest absolute Gasteiger partial charge is 0.253 e. The third-order valence-electron chi connectivity index (χ3n) is 3.28. The molecule has 1 amide bonds. The summed E-state index contributed by atoms with van der Waals surface area (Å²) in [7, 11) is 0. The van der Waals surface area contributed by atoms with Crippen molar-refractivity contribution < 1.29 is 9.53 Å². The van der Waals surface area contributed by atoms with Crippen molar-refractivity contribution in [2.45, 2.75) is 38.8 Å². The third-order valence-corrected chi connectivity index (χ3v) is 3.57. The minimum atomic E-state index is -0.137. The largest absolute Gasteiger partial charge is 0.378 e. The van der Waals surface area contributed by atoms with Gasteiger partial charge in [0.05, 0.1) is 16.7 Å².